The average molecular weight is 431 g/mol. The number of fused-ring (bicyclic) bond motifs is 1. The van der Waals surface area contributed by atoms with Crippen molar-refractivity contribution in [2.75, 3.05) is 6.26 Å². The largest absolute Gasteiger partial charge is 0.469 e. The van der Waals surface area contributed by atoms with Crippen molar-refractivity contribution < 1.29 is 13.5 Å². The van der Waals surface area contributed by atoms with Gasteiger partial charge in [0.15, 0.2) is 5.16 Å². The zero-order chi connectivity index (χ0) is 21.2. The van der Waals surface area contributed by atoms with Crippen LogP contribution in [0.2, 0.25) is 0 Å². The summed E-state index contributed by atoms with van der Waals surface area (Å²) >= 11 is 1.51. The van der Waals surface area contributed by atoms with Gasteiger partial charge in [-0.15, -0.1) is 0 Å². The van der Waals surface area contributed by atoms with Gasteiger partial charge < -0.3 is 14.1 Å². The molecule has 7 heteroatoms. The van der Waals surface area contributed by atoms with E-state index in [1.165, 1.54) is 23.9 Å². The Morgan fingerprint density at radius 3 is 2.68 bits per heavy atom. The van der Waals surface area contributed by atoms with Crippen molar-refractivity contribution in [3.05, 3.63) is 84.5 Å². The van der Waals surface area contributed by atoms with Gasteiger partial charge in [-0.1, -0.05) is 30.0 Å². The number of nitrogens with zero attached hydrogens (tertiary/aromatic N) is 2. The van der Waals surface area contributed by atoms with Gasteiger partial charge in [0.2, 0.25) is 5.88 Å². The fourth-order valence-electron chi connectivity index (χ4n) is 3.37. The van der Waals surface area contributed by atoms with Crippen molar-refractivity contribution in [2.45, 2.75) is 11.8 Å². The summed E-state index contributed by atoms with van der Waals surface area (Å²) in [6.45, 7) is 0.270. The van der Waals surface area contributed by atoms with Crippen LogP contribution in [0.3, 0.4) is 0 Å². The molecule has 0 saturated heterocycles. The number of hydrogen-bond donors (Lipinski definition) is 1. The van der Waals surface area contributed by atoms with Crippen LogP contribution >= 0.6 is 11.8 Å². The van der Waals surface area contributed by atoms with E-state index in [0.29, 0.717) is 5.88 Å². The van der Waals surface area contributed by atoms with E-state index in [1.54, 1.807) is 18.3 Å². The molecule has 0 saturated carbocycles. The van der Waals surface area contributed by atoms with Crippen molar-refractivity contribution >= 4 is 22.7 Å². The third kappa shape index (κ3) is 4.04. The van der Waals surface area contributed by atoms with Crippen LogP contribution in [-0.4, -0.2) is 21.2 Å². The summed E-state index contributed by atoms with van der Waals surface area (Å²) < 4.78 is 25.1. The van der Waals surface area contributed by atoms with Crippen LogP contribution in [0.25, 0.3) is 33.5 Å². The Kier molecular flexibility index (Phi) is 5.18. The summed E-state index contributed by atoms with van der Waals surface area (Å²) in [5.41, 5.74) is 4.11. The highest BCUT2D eigenvalue weighted by Crippen LogP contribution is 2.33. The fraction of sp³-hybridized carbons (Fsp3) is 0.0833. The Morgan fingerprint density at radius 1 is 1.03 bits per heavy atom. The molecule has 3 aromatic heterocycles. The second-order valence-corrected chi connectivity index (χ2v) is 7.69. The van der Waals surface area contributed by atoms with Gasteiger partial charge in [-0.05, 0) is 48.7 Å². The number of nitrogens with one attached hydrogen (secondary N) is 1. The minimum atomic E-state index is -0.278. The van der Waals surface area contributed by atoms with Crippen molar-refractivity contribution in [3.63, 3.8) is 0 Å². The topological polar surface area (TPSA) is 63.9 Å². The number of furan rings is 1. The molecule has 0 aliphatic heterocycles. The van der Waals surface area contributed by atoms with Crippen molar-refractivity contribution in [1.82, 2.24) is 15.0 Å². The molecule has 0 atom stereocenters. The number of aromatic nitrogens is 3. The molecule has 5 nitrogen and oxygen atoms in total. The maximum Gasteiger partial charge on any atom is 0.214 e. The molecule has 0 bridgehead atoms. The third-order valence-corrected chi connectivity index (χ3v) is 5.44. The molecule has 31 heavy (non-hydrogen) atoms. The predicted molar refractivity (Wildman–Crippen MR) is 120 cm³/mol. The van der Waals surface area contributed by atoms with Gasteiger partial charge in [-0.3, -0.25) is 0 Å². The van der Waals surface area contributed by atoms with E-state index in [4.69, 9.17) is 14.1 Å². The van der Waals surface area contributed by atoms with E-state index in [-0.39, 0.29) is 12.4 Å². The van der Waals surface area contributed by atoms with Crippen LogP contribution in [0.5, 0.6) is 5.88 Å². The molecule has 0 amide bonds. The molecule has 0 unspecified atom stereocenters. The lowest BCUT2D eigenvalue weighted by atomic mass is 10.1. The number of H-pyrrole nitrogens is 1. The lowest BCUT2D eigenvalue weighted by molar-refractivity contribution is 0.264. The van der Waals surface area contributed by atoms with Crippen molar-refractivity contribution in [3.8, 4) is 28.4 Å². The Hall–Kier alpha value is -3.58. The maximum atomic E-state index is 13.4. The van der Waals surface area contributed by atoms with Crippen LogP contribution < -0.4 is 4.74 Å². The first-order valence-electron chi connectivity index (χ1n) is 9.66. The molecule has 3 heterocycles. The predicted octanol–water partition coefficient (Wildman–Crippen LogP) is 6.32. The average Bonchev–Trinajstić information content (AvgIpc) is 3.42. The van der Waals surface area contributed by atoms with E-state index in [0.717, 1.165) is 44.4 Å². The number of halogens is 1. The molecule has 0 radical (unpaired) electrons. The van der Waals surface area contributed by atoms with Crippen molar-refractivity contribution in [1.29, 1.82) is 0 Å². The quantitative estimate of drug-likeness (QED) is 0.319. The first kappa shape index (κ1) is 19.4. The summed E-state index contributed by atoms with van der Waals surface area (Å²) in [7, 11) is 0. The molecule has 5 rings (SSSR count). The molecular formula is C24H18FN3O2S. The van der Waals surface area contributed by atoms with Crippen LogP contribution in [0.4, 0.5) is 4.39 Å². The summed E-state index contributed by atoms with van der Waals surface area (Å²) in [6, 6.07) is 19.9. The van der Waals surface area contributed by atoms with Crippen molar-refractivity contribution in [2.24, 2.45) is 0 Å². The van der Waals surface area contributed by atoms with E-state index in [2.05, 4.69) is 9.97 Å². The number of imidazole rings is 1. The van der Waals surface area contributed by atoms with Crippen LogP contribution in [-0.2, 0) is 6.61 Å². The van der Waals surface area contributed by atoms with Gasteiger partial charge in [0, 0.05) is 28.8 Å². The molecule has 1 N–H and O–H groups in total. The Labute approximate surface area is 182 Å². The normalized spacial score (nSPS) is 11.2. The van der Waals surface area contributed by atoms with Crippen LogP contribution in [0.1, 0.15) is 5.76 Å². The monoisotopic (exact) mass is 431 g/mol. The number of benzene rings is 2. The SMILES string of the molecule is CSc1nc(-c2ccnc(OCc3cc4ccccc4o3)c2)c(-c2ccc(F)cc2)[nH]1. The zero-order valence-corrected chi connectivity index (χ0v) is 17.4. The standard InChI is InChI=1S/C24H18FN3O2S/c1-31-24-27-22(15-6-8-18(25)9-7-15)23(28-24)17-10-11-26-21(13-17)29-14-19-12-16-4-2-3-5-20(16)30-19/h2-13H,14H2,1H3,(H,27,28). The first-order valence-corrected chi connectivity index (χ1v) is 10.9. The number of hydrogen-bond acceptors (Lipinski definition) is 5. The van der Waals surface area contributed by atoms with Gasteiger partial charge in [0.25, 0.3) is 0 Å². The van der Waals surface area contributed by atoms with Gasteiger partial charge in [0.05, 0.1) is 11.4 Å². The molecule has 2 aromatic carbocycles. The summed E-state index contributed by atoms with van der Waals surface area (Å²) in [6.07, 6.45) is 3.64. The first-order chi connectivity index (χ1) is 15.2. The molecule has 0 fully saturated rings. The Balaban J connectivity index is 1.43. The number of ether oxygens (including phenoxy) is 1. The molecule has 0 spiro atoms. The summed E-state index contributed by atoms with van der Waals surface area (Å²) in [5.74, 6) is 0.918. The minimum absolute atomic E-state index is 0.270. The third-order valence-electron chi connectivity index (χ3n) is 4.86. The minimum Gasteiger partial charge on any atom is -0.469 e. The van der Waals surface area contributed by atoms with E-state index in [9.17, 15) is 4.39 Å². The summed E-state index contributed by atoms with van der Waals surface area (Å²) in [5, 5.41) is 1.81. The maximum absolute atomic E-state index is 13.4. The lowest BCUT2D eigenvalue weighted by Crippen LogP contribution is -1.96. The highest BCUT2D eigenvalue weighted by Gasteiger charge is 2.15. The highest BCUT2D eigenvalue weighted by atomic mass is 32.2. The van der Waals surface area contributed by atoms with Crippen LogP contribution in [0.15, 0.2) is 82.5 Å². The van der Waals surface area contributed by atoms with Gasteiger partial charge in [-0.25, -0.2) is 14.4 Å². The molecule has 0 aliphatic rings. The number of para-hydroxylation sites is 1. The lowest BCUT2D eigenvalue weighted by Gasteiger charge is -2.06. The van der Waals surface area contributed by atoms with Gasteiger partial charge in [-0.2, -0.15) is 0 Å². The summed E-state index contributed by atoms with van der Waals surface area (Å²) in [4.78, 5) is 12.3. The van der Waals surface area contributed by atoms with Crippen LogP contribution in [0, 0.1) is 5.82 Å². The molecular weight excluding hydrogens is 413 g/mol. The Bertz CT molecular complexity index is 1310. The molecule has 0 aliphatic carbocycles. The zero-order valence-electron chi connectivity index (χ0n) is 16.6. The number of pyridine rings is 1. The van der Waals surface area contributed by atoms with Gasteiger partial charge >= 0.3 is 0 Å². The number of aromatic amines is 1. The highest BCUT2D eigenvalue weighted by molar-refractivity contribution is 7.98. The second kappa shape index (κ2) is 8.28. The number of thioether (sulfide) groups is 1. The van der Waals surface area contributed by atoms with Gasteiger partial charge in [0.1, 0.15) is 23.8 Å². The fourth-order valence-corrected chi connectivity index (χ4v) is 3.76. The smallest absolute Gasteiger partial charge is 0.214 e. The second-order valence-electron chi connectivity index (χ2n) is 6.90. The van der Waals surface area contributed by atoms with E-state index < -0.39 is 0 Å². The molecule has 154 valence electrons. The Morgan fingerprint density at radius 2 is 1.87 bits per heavy atom. The number of rotatable bonds is 6. The van der Waals surface area contributed by atoms with E-state index >= 15 is 0 Å². The molecule has 5 aromatic rings. The van der Waals surface area contributed by atoms with E-state index in [1.807, 2.05) is 48.7 Å².